The summed E-state index contributed by atoms with van der Waals surface area (Å²) in [6.45, 7) is 14.9. The highest BCUT2D eigenvalue weighted by atomic mass is 16.5. The zero-order chi connectivity index (χ0) is 27.8. The Bertz CT molecular complexity index is 1440. The number of hydrogen-bond acceptors (Lipinski definition) is 4. The predicted molar refractivity (Wildman–Crippen MR) is 146 cm³/mol. The van der Waals surface area contributed by atoms with Crippen molar-refractivity contribution in [3.05, 3.63) is 85.8 Å². The average Bonchev–Trinajstić information content (AvgIpc) is 2.80. The molecule has 0 spiro atoms. The van der Waals surface area contributed by atoms with Crippen LogP contribution in [0.25, 0.3) is 16.8 Å². The van der Waals surface area contributed by atoms with Crippen molar-refractivity contribution >= 4 is 11.9 Å². The third-order valence-electron chi connectivity index (χ3n) is 6.61. The lowest BCUT2D eigenvalue weighted by molar-refractivity contribution is -0.160. The third kappa shape index (κ3) is 5.52. The average molecular weight is 505 g/mol. The Morgan fingerprint density at radius 1 is 0.919 bits per heavy atom. The van der Waals surface area contributed by atoms with Crippen LogP contribution in [0, 0.1) is 34.6 Å². The maximum atomic E-state index is 14.1. The van der Waals surface area contributed by atoms with Gasteiger partial charge < -0.3 is 15.2 Å². The van der Waals surface area contributed by atoms with Gasteiger partial charge in [-0.25, -0.2) is 4.79 Å². The van der Waals surface area contributed by atoms with Gasteiger partial charge in [0.15, 0.2) is 6.10 Å². The SMILES string of the molecule is CNC(=O)c1c(C(OC(C)(C)C)C(=O)O)c(-c2ccc(C)c(C)c2)c(C)n(-c2ccc(C)c(C)c2)c1=O. The van der Waals surface area contributed by atoms with E-state index < -0.39 is 29.1 Å². The van der Waals surface area contributed by atoms with Crippen molar-refractivity contribution in [2.24, 2.45) is 0 Å². The number of aryl methyl sites for hydroxylation is 4. The van der Waals surface area contributed by atoms with Crippen LogP contribution in [0.1, 0.15) is 70.7 Å². The number of benzene rings is 2. The van der Waals surface area contributed by atoms with E-state index in [9.17, 15) is 19.5 Å². The molecular weight excluding hydrogens is 468 g/mol. The second-order valence-electron chi connectivity index (χ2n) is 10.5. The Balaban J connectivity index is 2.61. The van der Waals surface area contributed by atoms with Gasteiger partial charge in [-0.05, 0) is 95.3 Å². The quantitative estimate of drug-likeness (QED) is 0.472. The summed E-state index contributed by atoms with van der Waals surface area (Å²) >= 11 is 0. The summed E-state index contributed by atoms with van der Waals surface area (Å²) in [5.74, 6) is -1.96. The first-order chi connectivity index (χ1) is 17.2. The number of carbonyl (C=O) groups is 2. The van der Waals surface area contributed by atoms with E-state index in [4.69, 9.17) is 4.74 Å². The molecular formula is C30H36N2O5. The molecule has 1 amide bonds. The summed E-state index contributed by atoms with van der Waals surface area (Å²) < 4.78 is 7.49. The van der Waals surface area contributed by atoms with Crippen LogP contribution in [0.2, 0.25) is 0 Å². The maximum Gasteiger partial charge on any atom is 0.337 e. The number of nitrogens with zero attached hydrogens (tertiary/aromatic N) is 1. The number of rotatable bonds is 6. The topological polar surface area (TPSA) is 97.6 Å². The van der Waals surface area contributed by atoms with Gasteiger partial charge in [-0.2, -0.15) is 0 Å². The molecule has 3 aromatic rings. The number of nitrogens with one attached hydrogen (secondary N) is 1. The largest absolute Gasteiger partial charge is 0.479 e. The monoisotopic (exact) mass is 504 g/mol. The van der Waals surface area contributed by atoms with Crippen molar-refractivity contribution in [2.75, 3.05) is 7.05 Å². The number of carboxylic acids is 1. The number of carbonyl (C=O) groups excluding carboxylic acids is 1. The minimum absolute atomic E-state index is 0.0487. The zero-order valence-electron chi connectivity index (χ0n) is 23.1. The van der Waals surface area contributed by atoms with E-state index in [0.29, 0.717) is 22.5 Å². The number of aromatic nitrogens is 1. The summed E-state index contributed by atoms with van der Waals surface area (Å²) in [4.78, 5) is 40.0. The van der Waals surface area contributed by atoms with Crippen LogP contribution in [0.15, 0.2) is 41.2 Å². The lowest BCUT2D eigenvalue weighted by atomic mass is 9.88. The first-order valence-corrected chi connectivity index (χ1v) is 12.3. The van der Waals surface area contributed by atoms with E-state index in [2.05, 4.69) is 5.32 Å². The Hall–Kier alpha value is -3.71. The molecule has 1 unspecified atom stereocenters. The first-order valence-electron chi connectivity index (χ1n) is 12.3. The molecule has 0 saturated carbocycles. The highest BCUT2D eigenvalue weighted by Gasteiger charge is 2.36. The fraction of sp³-hybridized carbons (Fsp3) is 0.367. The van der Waals surface area contributed by atoms with Gasteiger partial charge in [-0.15, -0.1) is 0 Å². The van der Waals surface area contributed by atoms with Crippen molar-refractivity contribution in [3.63, 3.8) is 0 Å². The highest BCUT2D eigenvalue weighted by molar-refractivity contribution is 5.99. The lowest BCUT2D eigenvalue weighted by Gasteiger charge is -2.29. The summed E-state index contributed by atoms with van der Waals surface area (Å²) in [5, 5.41) is 12.8. The van der Waals surface area contributed by atoms with E-state index >= 15 is 0 Å². The maximum absolute atomic E-state index is 14.1. The van der Waals surface area contributed by atoms with Gasteiger partial charge in [0.1, 0.15) is 5.56 Å². The van der Waals surface area contributed by atoms with Gasteiger partial charge in [-0.3, -0.25) is 14.2 Å². The fourth-order valence-corrected chi connectivity index (χ4v) is 4.44. The van der Waals surface area contributed by atoms with Crippen LogP contribution in [-0.2, 0) is 9.53 Å². The number of hydrogen-bond donors (Lipinski definition) is 2. The molecule has 7 heteroatoms. The van der Waals surface area contributed by atoms with E-state index in [1.165, 1.54) is 11.6 Å². The van der Waals surface area contributed by atoms with Crippen molar-refractivity contribution < 1.29 is 19.4 Å². The molecule has 0 bridgehead atoms. The minimum Gasteiger partial charge on any atom is -0.479 e. The highest BCUT2D eigenvalue weighted by Crippen LogP contribution is 2.38. The Morgan fingerprint density at radius 3 is 1.97 bits per heavy atom. The normalized spacial score (nSPS) is 12.4. The predicted octanol–water partition coefficient (Wildman–Crippen LogP) is 5.35. The smallest absolute Gasteiger partial charge is 0.337 e. The van der Waals surface area contributed by atoms with E-state index in [1.807, 2.05) is 64.1 Å². The molecule has 0 fully saturated rings. The van der Waals surface area contributed by atoms with Crippen molar-refractivity contribution in [3.8, 4) is 16.8 Å². The standard InChI is InChI=1S/C30H36N2O5/c1-16-10-12-21(14-18(16)3)23-20(5)32(22-13-11-17(2)19(4)15-22)28(34)25(27(33)31-9)24(23)26(29(35)36)37-30(6,7)8/h10-15,26H,1-9H3,(H,31,33)(H,35,36). The Morgan fingerprint density at radius 2 is 1.49 bits per heavy atom. The summed E-state index contributed by atoms with van der Waals surface area (Å²) in [6, 6.07) is 11.4. The van der Waals surface area contributed by atoms with Gasteiger partial charge >= 0.3 is 5.97 Å². The minimum atomic E-state index is -1.55. The molecule has 0 aliphatic heterocycles. The number of amides is 1. The van der Waals surface area contributed by atoms with Crippen molar-refractivity contribution in [1.82, 2.24) is 9.88 Å². The molecule has 196 valence electrons. The van der Waals surface area contributed by atoms with Crippen LogP contribution < -0.4 is 10.9 Å². The lowest BCUT2D eigenvalue weighted by Crippen LogP contribution is -2.38. The van der Waals surface area contributed by atoms with E-state index in [0.717, 1.165) is 22.3 Å². The molecule has 2 N–H and O–H groups in total. The molecule has 1 heterocycles. The molecule has 7 nitrogen and oxygen atoms in total. The summed E-state index contributed by atoms with van der Waals surface area (Å²) in [5.41, 5.74) is 4.74. The third-order valence-corrected chi connectivity index (χ3v) is 6.61. The molecule has 3 rings (SSSR count). The van der Waals surface area contributed by atoms with Crippen molar-refractivity contribution in [1.29, 1.82) is 0 Å². The van der Waals surface area contributed by atoms with E-state index in [1.54, 1.807) is 27.7 Å². The number of pyridine rings is 1. The molecule has 1 aromatic heterocycles. The molecule has 1 atom stereocenters. The van der Waals surface area contributed by atoms with Crippen LogP contribution in [0.5, 0.6) is 0 Å². The van der Waals surface area contributed by atoms with Gasteiger partial charge in [0.2, 0.25) is 0 Å². The number of aliphatic carboxylic acids is 1. The van der Waals surface area contributed by atoms with Gasteiger partial charge in [0, 0.05) is 29.6 Å². The Kier molecular flexibility index (Phi) is 7.79. The number of carboxylic acid groups (broad SMARTS) is 1. The molecule has 0 aliphatic carbocycles. The van der Waals surface area contributed by atoms with Crippen LogP contribution >= 0.6 is 0 Å². The fourth-order valence-electron chi connectivity index (χ4n) is 4.44. The first kappa shape index (κ1) is 27.9. The van der Waals surface area contributed by atoms with Crippen LogP contribution in [0.4, 0.5) is 0 Å². The number of ether oxygens (including phenoxy) is 1. The van der Waals surface area contributed by atoms with Crippen LogP contribution in [0.3, 0.4) is 0 Å². The van der Waals surface area contributed by atoms with Crippen molar-refractivity contribution in [2.45, 2.75) is 67.1 Å². The molecule has 37 heavy (non-hydrogen) atoms. The molecule has 0 radical (unpaired) electrons. The van der Waals surface area contributed by atoms with Gasteiger partial charge in [0.05, 0.1) is 5.60 Å². The molecule has 0 saturated heterocycles. The second-order valence-corrected chi connectivity index (χ2v) is 10.5. The zero-order valence-corrected chi connectivity index (χ0v) is 23.1. The van der Waals surface area contributed by atoms with Crippen LogP contribution in [-0.4, -0.2) is 34.2 Å². The Labute approximate surface area is 218 Å². The van der Waals surface area contributed by atoms with Gasteiger partial charge in [0.25, 0.3) is 11.5 Å². The van der Waals surface area contributed by atoms with Gasteiger partial charge in [-0.1, -0.05) is 24.3 Å². The van der Waals surface area contributed by atoms with E-state index in [-0.39, 0.29) is 11.1 Å². The summed E-state index contributed by atoms with van der Waals surface area (Å²) in [7, 11) is 1.42. The molecule has 2 aromatic carbocycles. The summed E-state index contributed by atoms with van der Waals surface area (Å²) in [6.07, 6.45) is -1.55. The second kappa shape index (κ2) is 10.3. The molecule has 0 aliphatic rings.